The Morgan fingerprint density at radius 2 is 2.04 bits per heavy atom. The number of ether oxygens (including phenoxy) is 3. The highest BCUT2D eigenvalue weighted by Gasteiger charge is 2.23. The van der Waals surface area contributed by atoms with Crippen LogP contribution in [0.25, 0.3) is 0 Å². The molecule has 2 heterocycles. The van der Waals surface area contributed by atoms with Gasteiger partial charge in [0.25, 0.3) is 0 Å². The van der Waals surface area contributed by atoms with Gasteiger partial charge in [-0.1, -0.05) is 12.1 Å². The molecule has 0 amide bonds. The minimum absolute atomic E-state index is 0.0258. The van der Waals surface area contributed by atoms with Crippen LogP contribution in [-0.2, 0) is 27.3 Å². The third kappa shape index (κ3) is 4.21. The smallest absolute Gasteiger partial charge is 0.374 e. The summed E-state index contributed by atoms with van der Waals surface area (Å²) in [7, 11) is 1.31. The van der Waals surface area contributed by atoms with Crippen molar-refractivity contribution in [2.24, 2.45) is 0 Å². The molecule has 1 atom stereocenters. The molecule has 6 heteroatoms. The number of aryl methyl sites for hydroxylation is 1. The Morgan fingerprint density at radius 3 is 2.68 bits per heavy atom. The Morgan fingerprint density at radius 1 is 1.28 bits per heavy atom. The maximum Gasteiger partial charge on any atom is 0.374 e. The number of benzene rings is 1. The lowest BCUT2D eigenvalue weighted by Crippen LogP contribution is -2.10. The van der Waals surface area contributed by atoms with Gasteiger partial charge in [-0.05, 0) is 37.1 Å². The highest BCUT2D eigenvalue weighted by Crippen LogP contribution is 2.22. The lowest BCUT2D eigenvalue weighted by Gasteiger charge is -2.10. The minimum Gasteiger partial charge on any atom is -0.486 e. The number of hydrogen-bond acceptors (Lipinski definition) is 6. The predicted octanol–water partition coefficient (Wildman–Crippen LogP) is 3.20. The first-order valence-electron chi connectivity index (χ1n) is 8.14. The van der Waals surface area contributed by atoms with Crippen molar-refractivity contribution < 1.29 is 28.2 Å². The summed E-state index contributed by atoms with van der Waals surface area (Å²) in [6.07, 6.45) is 1.97. The highest BCUT2D eigenvalue weighted by molar-refractivity contribution is 5.87. The van der Waals surface area contributed by atoms with E-state index in [9.17, 15) is 9.59 Å². The zero-order valence-electron chi connectivity index (χ0n) is 14.2. The lowest BCUT2D eigenvalue weighted by molar-refractivity contribution is -0.141. The number of furan rings is 1. The molecule has 1 aliphatic rings. The zero-order chi connectivity index (χ0) is 17.8. The Labute approximate surface area is 145 Å². The predicted molar refractivity (Wildman–Crippen MR) is 88.4 cm³/mol. The van der Waals surface area contributed by atoms with Gasteiger partial charge in [-0.15, -0.1) is 0 Å². The Kier molecular flexibility index (Phi) is 5.07. The molecule has 1 aliphatic heterocycles. The molecule has 1 aromatic carbocycles. The third-order valence-corrected chi connectivity index (χ3v) is 4.08. The molecule has 0 bridgehead atoms. The molecule has 0 saturated carbocycles. The molecule has 0 aliphatic carbocycles. The van der Waals surface area contributed by atoms with Gasteiger partial charge in [0.05, 0.1) is 7.11 Å². The SMILES string of the molecule is COC(=O)c1oc(COc2ccc(C[C@@H]3CCC(=O)O3)cc2)cc1C. The van der Waals surface area contributed by atoms with Gasteiger partial charge >= 0.3 is 11.9 Å². The zero-order valence-corrected chi connectivity index (χ0v) is 14.2. The van der Waals surface area contributed by atoms with Crippen molar-refractivity contribution in [1.82, 2.24) is 0 Å². The van der Waals surface area contributed by atoms with Gasteiger partial charge < -0.3 is 18.6 Å². The number of hydrogen-bond donors (Lipinski definition) is 0. The van der Waals surface area contributed by atoms with E-state index in [-0.39, 0.29) is 24.4 Å². The van der Waals surface area contributed by atoms with Gasteiger partial charge in [-0.25, -0.2) is 4.79 Å². The van der Waals surface area contributed by atoms with Crippen LogP contribution in [0.5, 0.6) is 5.75 Å². The molecule has 1 saturated heterocycles. The fraction of sp³-hybridized carbons (Fsp3) is 0.368. The van der Waals surface area contributed by atoms with Gasteiger partial charge in [0, 0.05) is 18.4 Å². The quantitative estimate of drug-likeness (QED) is 0.749. The van der Waals surface area contributed by atoms with Crippen molar-refractivity contribution >= 4 is 11.9 Å². The Balaban J connectivity index is 1.55. The molecule has 6 nitrogen and oxygen atoms in total. The van der Waals surface area contributed by atoms with Crippen LogP contribution in [0.15, 0.2) is 34.7 Å². The maximum atomic E-state index is 11.5. The van der Waals surface area contributed by atoms with Crippen LogP contribution in [0, 0.1) is 6.92 Å². The summed E-state index contributed by atoms with van der Waals surface area (Å²) in [5, 5.41) is 0. The summed E-state index contributed by atoms with van der Waals surface area (Å²) in [6, 6.07) is 9.39. The molecular weight excluding hydrogens is 324 g/mol. The summed E-state index contributed by atoms with van der Waals surface area (Å²) >= 11 is 0. The van der Waals surface area contributed by atoms with Gasteiger partial charge in [0.2, 0.25) is 5.76 Å². The molecule has 0 N–H and O–H groups in total. The number of esters is 2. The second kappa shape index (κ2) is 7.42. The molecule has 3 rings (SSSR count). The van der Waals surface area contributed by atoms with E-state index in [4.69, 9.17) is 13.9 Å². The molecule has 132 valence electrons. The number of rotatable bonds is 6. The summed E-state index contributed by atoms with van der Waals surface area (Å²) < 4.78 is 21.0. The highest BCUT2D eigenvalue weighted by atomic mass is 16.6. The second-order valence-electron chi connectivity index (χ2n) is 6.00. The fourth-order valence-corrected chi connectivity index (χ4v) is 2.78. The topological polar surface area (TPSA) is 75.0 Å². The summed E-state index contributed by atoms with van der Waals surface area (Å²) in [4.78, 5) is 22.7. The summed E-state index contributed by atoms with van der Waals surface area (Å²) in [5.74, 6) is 0.828. The Hall–Kier alpha value is -2.76. The molecule has 1 aromatic heterocycles. The van der Waals surface area contributed by atoms with E-state index >= 15 is 0 Å². The van der Waals surface area contributed by atoms with Gasteiger partial charge in [-0.2, -0.15) is 0 Å². The summed E-state index contributed by atoms with van der Waals surface area (Å²) in [6.45, 7) is 2.00. The van der Waals surface area contributed by atoms with Crippen molar-refractivity contribution in [2.75, 3.05) is 7.11 Å². The second-order valence-corrected chi connectivity index (χ2v) is 6.00. The number of carbonyl (C=O) groups excluding carboxylic acids is 2. The first-order chi connectivity index (χ1) is 12.0. The van der Waals surface area contributed by atoms with E-state index < -0.39 is 5.97 Å². The molecule has 2 aromatic rings. The average molecular weight is 344 g/mol. The molecule has 0 unspecified atom stereocenters. The van der Waals surface area contributed by atoms with E-state index in [0.29, 0.717) is 29.9 Å². The largest absolute Gasteiger partial charge is 0.486 e. The van der Waals surface area contributed by atoms with Gasteiger partial charge in [-0.3, -0.25) is 4.79 Å². The molecule has 0 spiro atoms. The number of cyclic esters (lactones) is 1. The van der Waals surface area contributed by atoms with Crippen molar-refractivity contribution in [2.45, 2.75) is 38.9 Å². The van der Waals surface area contributed by atoms with Crippen molar-refractivity contribution in [1.29, 1.82) is 0 Å². The number of methoxy groups -OCH3 is 1. The van der Waals surface area contributed by atoms with Crippen LogP contribution in [-0.4, -0.2) is 25.2 Å². The monoisotopic (exact) mass is 344 g/mol. The standard InChI is InChI=1S/C19H20O6/c1-12-9-16(25-18(12)19(21)22-2)11-23-14-5-3-13(4-6-14)10-15-7-8-17(20)24-15/h3-6,9,15H,7-8,10-11H2,1-2H3/t15-/m0/s1. The molecule has 1 fully saturated rings. The van der Waals surface area contributed by atoms with E-state index in [0.717, 1.165) is 12.0 Å². The lowest BCUT2D eigenvalue weighted by atomic mass is 10.1. The van der Waals surface area contributed by atoms with Crippen LogP contribution in [0.3, 0.4) is 0 Å². The van der Waals surface area contributed by atoms with Gasteiger partial charge in [0.1, 0.15) is 24.2 Å². The minimum atomic E-state index is -0.499. The first kappa shape index (κ1) is 17.1. The third-order valence-electron chi connectivity index (χ3n) is 4.08. The van der Waals surface area contributed by atoms with Crippen molar-refractivity contribution in [3.8, 4) is 5.75 Å². The van der Waals surface area contributed by atoms with E-state index in [2.05, 4.69) is 4.74 Å². The molecule has 0 radical (unpaired) electrons. The van der Waals surface area contributed by atoms with Crippen molar-refractivity contribution in [3.05, 3.63) is 53.0 Å². The summed E-state index contributed by atoms with van der Waals surface area (Å²) in [5.41, 5.74) is 1.81. The van der Waals surface area contributed by atoms with E-state index in [1.54, 1.807) is 13.0 Å². The first-order valence-corrected chi connectivity index (χ1v) is 8.14. The fourth-order valence-electron chi connectivity index (χ4n) is 2.78. The maximum absolute atomic E-state index is 11.5. The van der Waals surface area contributed by atoms with E-state index in [1.165, 1.54) is 7.11 Å². The average Bonchev–Trinajstić information content (AvgIpc) is 3.19. The van der Waals surface area contributed by atoms with Crippen LogP contribution < -0.4 is 4.74 Å². The van der Waals surface area contributed by atoms with E-state index in [1.807, 2.05) is 24.3 Å². The molecular formula is C19H20O6. The van der Waals surface area contributed by atoms with Crippen LogP contribution in [0.4, 0.5) is 0 Å². The van der Waals surface area contributed by atoms with Crippen LogP contribution in [0.1, 0.15) is 40.3 Å². The van der Waals surface area contributed by atoms with Crippen LogP contribution >= 0.6 is 0 Å². The number of carbonyl (C=O) groups is 2. The van der Waals surface area contributed by atoms with Crippen molar-refractivity contribution in [3.63, 3.8) is 0 Å². The Bertz CT molecular complexity index is 759. The van der Waals surface area contributed by atoms with Crippen LogP contribution in [0.2, 0.25) is 0 Å². The molecule has 25 heavy (non-hydrogen) atoms. The van der Waals surface area contributed by atoms with Gasteiger partial charge in [0.15, 0.2) is 0 Å². The normalized spacial score (nSPS) is 16.6.